The average molecular weight is 504 g/mol. The number of carbonyl (C=O) groups excluding carboxylic acids is 3. The van der Waals surface area contributed by atoms with Crippen LogP contribution in [0.2, 0.25) is 0 Å². The zero-order chi connectivity index (χ0) is 28.2. The molecule has 0 radical (unpaired) electrons. The molecule has 2 atom stereocenters. The third-order valence-corrected chi connectivity index (χ3v) is 6.09. The minimum atomic E-state index is -0.881. The van der Waals surface area contributed by atoms with Crippen molar-refractivity contribution in [1.82, 2.24) is 15.5 Å². The summed E-state index contributed by atoms with van der Waals surface area (Å²) in [7, 11) is 0. The van der Waals surface area contributed by atoms with E-state index >= 15 is 0 Å². The number of nitrogens with zero attached hydrogens (tertiary/aromatic N) is 1. The molecule has 0 heterocycles. The minimum absolute atomic E-state index is 0.231. The third kappa shape index (κ3) is 8.82. The normalized spacial score (nSPS) is 14.2. The third-order valence-electron chi connectivity index (χ3n) is 6.09. The predicted molar refractivity (Wildman–Crippen MR) is 146 cm³/mol. The summed E-state index contributed by atoms with van der Waals surface area (Å²) < 4.78 is 5.45. The number of amides is 3. The van der Waals surface area contributed by atoms with Crippen molar-refractivity contribution in [1.29, 1.82) is 0 Å². The number of hydrogen-bond acceptors (Lipinski definition) is 4. The molecule has 0 saturated heterocycles. The van der Waals surface area contributed by atoms with Crippen LogP contribution >= 0.6 is 0 Å². The van der Waals surface area contributed by atoms with Gasteiger partial charge in [-0.2, -0.15) is 0 Å². The molecular formula is C29H49N3O4. The number of hydrogen-bond donors (Lipinski definition) is 2. The summed E-state index contributed by atoms with van der Waals surface area (Å²) in [6, 6.07) is 4.19. The first-order chi connectivity index (χ1) is 16.2. The molecule has 1 aromatic carbocycles. The molecule has 2 unspecified atom stereocenters. The standard InChI is InChI=1S/C29H49N3O4/c1-14-29(12,13)32(25(34)22(18(2)3)30-26(35)36-28(9,10)11)23(24(33)31-27(6,7)8)21-17-19(4)15-16-20(21)5/h15-18,22-23H,14H2,1-13H3,(H,30,35)(H,31,33). The Hall–Kier alpha value is -2.57. The summed E-state index contributed by atoms with van der Waals surface area (Å²) in [4.78, 5) is 42.6. The lowest BCUT2D eigenvalue weighted by atomic mass is 9.88. The largest absolute Gasteiger partial charge is 0.444 e. The number of nitrogens with one attached hydrogen (secondary N) is 2. The van der Waals surface area contributed by atoms with Gasteiger partial charge in [0.15, 0.2) is 0 Å². The van der Waals surface area contributed by atoms with Crippen molar-refractivity contribution in [2.24, 2.45) is 5.92 Å². The molecule has 0 aliphatic rings. The van der Waals surface area contributed by atoms with Gasteiger partial charge in [0.1, 0.15) is 17.7 Å². The van der Waals surface area contributed by atoms with Gasteiger partial charge >= 0.3 is 6.09 Å². The number of carbonyl (C=O) groups is 3. The number of aryl methyl sites for hydroxylation is 2. The lowest BCUT2D eigenvalue weighted by Crippen LogP contribution is -2.61. The molecule has 0 bridgehead atoms. The fraction of sp³-hybridized carbons (Fsp3) is 0.690. The summed E-state index contributed by atoms with van der Waals surface area (Å²) in [5.74, 6) is -0.811. The van der Waals surface area contributed by atoms with Crippen LogP contribution in [0.5, 0.6) is 0 Å². The quantitative estimate of drug-likeness (QED) is 0.467. The van der Waals surface area contributed by atoms with Gasteiger partial charge in [0.25, 0.3) is 0 Å². The number of ether oxygens (including phenoxy) is 1. The SMILES string of the molecule is CCC(C)(C)N(C(=O)C(NC(=O)OC(C)(C)C)C(C)C)C(C(=O)NC(C)(C)C)c1cc(C)ccc1C. The lowest BCUT2D eigenvalue weighted by molar-refractivity contribution is -0.150. The molecule has 2 N–H and O–H groups in total. The zero-order valence-electron chi connectivity index (χ0n) is 24.8. The van der Waals surface area contributed by atoms with Gasteiger partial charge in [0.05, 0.1) is 0 Å². The molecule has 1 rings (SSSR count). The van der Waals surface area contributed by atoms with Crippen LogP contribution < -0.4 is 10.6 Å². The van der Waals surface area contributed by atoms with Crippen molar-refractivity contribution in [3.8, 4) is 0 Å². The monoisotopic (exact) mass is 503 g/mol. The predicted octanol–water partition coefficient (Wildman–Crippen LogP) is 5.83. The van der Waals surface area contributed by atoms with Crippen molar-refractivity contribution in [3.05, 3.63) is 34.9 Å². The minimum Gasteiger partial charge on any atom is -0.444 e. The molecule has 0 fully saturated rings. The van der Waals surface area contributed by atoms with Crippen LogP contribution in [0.4, 0.5) is 4.79 Å². The first kappa shape index (κ1) is 31.5. The first-order valence-electron chi connectivity index (χ1n) is 12.9. The van der Waals surface area contributed by atoms with Crippen molar-refractivity contribution in [3.63, 3.8) is 0 Å². The van der Waals surface area contributed by atoms with Gasteiger partial charge in [-0.25, -0.2) is 4.79 Å². The first-order valence-corrected chi connectivity index (χ1v) is 12.9. The topological polar surface area (TPSA) is 87.7 Å². The Morgan fingerprint density at radius 3 is 1.97 bits per heavy atom. The molecule has 1 aromatic rings. The van der Waals surface area contributed by atoms with E-state index in [1.807, 2.05) is 87.4 Å². The molecule has 7 nitrogen and oxygen atoms in total. The Morgan fingerprint density at radius 2 is 1.53 bits per heavy atom. The Bertz CT molecular complexity index is 939. The van der Waals surface area contributed by atoms with E-state index in [4.69, 9.17) is 4.74 Å². The highest BCUT2D eigenvalue weighted by molar-refractivity contribution is 5.93. The van der Waals surface area contributed by atoms with E-state index in [0.29, 0.717) is 6.42 Å². The average Bonchev–Trinajstić information content (AvgIpc) is 2.68. The van der Waals surface area contributed by atoms with Crippen LogP contribution in [0.25, 0.3) is 0 Å². The Kier molecular flexibility index (Phi) is 10.2. The second-order valence-electron chi connectivity index (χ2n) is 12.7. The molecule has 7 heteroatoms. The van der Waals surface area contributed by atoms with E-state index in [-0.39, 0.29) is 17.7 Å². The van der Waals surface area contributed by atoms with Gasteiger partial charge in [-0.05, 0) is 92.7 Å². The molecule has 0 aliphatic heterocycles. The molecule has 204 valence electrons. The van der Waals surface area contributed by atoms with E-state index in [9.17, 15) is 14.4 Å². The van der Waals surface area contributed by atoms with Crippen molar-refractivity contribution in [2.75, 3.05) is 0 Å². The molecule has 36 heavy (non-hydrogen) atoms. The maximum absolute atomic E-state index is 14.3. The van der Waals surface area contributed by atoms with Gasteiger partial charge in [0, 0.05) is 11.1 Å². The zero-order valence-corrected chi connectivity index (χ0v) is 24.8. The molecule has 0 aromatic heterocycles. The van der Waals surface area contributed by atoms with Gasteiger partial charge < -0.3 is 20.3 Å². The smallest absolute Gasteiger partial charge is 0.408 e. The second-order valence-corrected chi connectivity index (χ2v) is 12.7. The van der Waals surface area contributed by atoms with Crippen molar-refractivity contribution in [2.45, 2.75) is 125 Å². The van der Waals surface area contributed by atoms with Gasteiger partial charge in [-0.3, -0.25) is 9.59 Å². The summed E-state index contributed by atoms with van der Waals surface area (Å²) in [6.07, 6.45) is -0.0496. The van der Waals surface area contributed by atoms with Crippen LogP contribution in [0.1, 0.15) is 105 Å². The highest BCUT2D eigenvalue weighted by Crippen LogP contribution is 2.35. The molecule has 0 spiro atoms. The van der Waals surface area contributed by atoms with Gasteiger partial charge in [-0.15, -0.1) is 0 Å². The maximum atomic E-state index is 14.3. The van der Waals surface area contributed by atoms with Crippen LogP contribution in [-0.4, -0.2) is 45.5 Å². The van der Waals surface area contributed by atoms with E-state index in [0.717, 1.165) is 16.7 Å². The fourth-order valence-corrected chi connectivity index (χ4v) is 3.93. The summed E-state index contributed by atoms with van der Waals surface area (Å²) in [5.41, 5.74) is 0.801. The van der Waals surface area contributed by atoms with Gasteiger partial charge in [-0.1, -0.05) is 44.5 Å². The molecule has 0 saturated carbocycles. The number of benzene rings is 1. The van der Waals surface area contributed by atoms with E-state index in [1.54, 1.807) is 25.7 Å². The van der Waals surface area contributed by atoms with Crippen molar-refractivity contribution >= 4 is 17.9 Å². The summed E-state index contributed by atoms with van der Waals surface area (Å²) in [6.45, 7) is 24.7. The highest BCUT2D eigenvalue weighted by Gasteiger charge is 2.44. The summed E-state index contributed by atoms with van der Waals surface area (Å²) in [5, 5.41) is 5.88. The maximum Gasteiger partial charge on any atom is 0.408 e. The Balaban J connectivity index is 3.75. The summed E-state index contributed by atoms with van der Waals surface area (Å²) >= 11 is 0. The Morgan fingerprint density at radius 1 is 0.972 bits per heavy atom. The molecular weight excluding hydrogens is 454 g/mol. The number of rotatable bonds is 8. The van der Waals surface area contributed by atoms with Crippen molar-refractivity contribution < 1.29 is 19.1 Å². The van der Waals surface area contributed by atoms with Crippen LogP contribution in [0, 0.1) is 19.8 Å². The molecule has 0 aliphatic carbocycles. The number of alkyl carbamates (subject to hydrolysis) is 1. The van der Waals surface area contributed by atoms with Crippen LogP contribution in [0.15, 0.2) is 18.2 Å². The van der Waals surface area contributed by atoms with Gasteiger partial charge in [0.2, 0.25) is 11.8 Å². The highest BCUT2D eigenvalue weighted by atomic mass is 16.6. The lowest BCUT2D eigenvalue weighted by Gasteiger charge is -2.46. The Labute approximate surface area is 218 Å². The van der Waals surface area contributed by atoms with E-state index < -0.39 is 34.9 Å². The second kappa shape index (κ2) is 11.7. The van der Waals surface area contributed by atoms with E-state index in [1.165, 1.54) is 0 Å². The van der Waals surface area contributed by atoms with Crippen LogP contribution in [0.3, 0.4) is 0 Å². The van der Waals surface area contributed by atoms with Crippen LogP contribution in [-0.2, 0) is 14.3 Å². The van der Waals surface area contributed by atoms with E-state index in [2.05, 4.69) is 10.6 Å². The fourth-order valence-electron chi connectivity index (χ4n) is 3.93. The molecule has 3 amide bonds.